The molecule has 3 N–H and O–H groups in total. The molecule has 17 heavy (non-hydrogen) atoms. The Bertz CT molecular complexity index is 615. The predicted octanol–water partition coefficient (Wildman–Crippen LogP) is 2.81. The molecule has 0 aliphatic rings. The van der Waals surface area contributed by atoms with Crippen molar-refractivity contribution in [2.45, 2.75) is 10.1 Å². The van der Waals surface area contributed by atoms with Crippen molar-refractivity contribution in [2.24, 2.45) is 0 Å². The van der Waals surface area contributed by atoms with Gasteiger partial charge in [0.25, 0.3) is 5.56 Å². The molecule has 0 bridgehead atoms. The van der Waals surface area contributed by atoms with Crippen LogP contribution in [0.15, 0.2) is 39.2 Å². The topological polar surface area (TPSA) is 71.8 Å². The first-order valence-corrected chi connectivity index (χ1v) is 6.11. The van der Waals surface area contributed by atoms with Crippen LogP contribution in [0.2, 0.25) is 10.0 Å². The number of nitrogens with two attached hydrogens (primary N) is 1. The molecule has 1 heterocycles. The molecule has 7 heteroatoms. The van der Waals surface area contributed by atoms with E-state index in [-0.39, 0.29) is 5.56 Å². The summed E-state index contributed by atoms with van der Waals surface area (Å²) in [6.45, 7) is 0. The summed E-state index contributed by atoms with van der Waals surface area (Å²) in [5, 5.41) is 1.24. The Balaban J connectivity index is 2.36. The first-order chi connectivity index (χ1) is 8.06. The second kappa shape index (κ2) is 5.00. The van der Waals surface area contributed by atoms with E-state index in [9.17, 15) is 4.79 Å². The van der Waals surface area contributed by atoms with Crippen LogP contribution in [0.1, 0.15) is 0 Å². The Labute approximate surface area is 111 Å². The Hall–Kier alpha value is -1.17. The van der Waals surface area contributed by atoms with E-state index < -0.39 is 0 Å². The van der Waals surface area contributed by atoms with Gasteiger partial charge in [-0.15, -0.1) is 0 Å². The maximum Gasteiger partial charge on any atom is 0.251 e. The van der Waals surface area contributed by atoms with Gasteiger partial charge in [0.2, 0.25) is 0 Å². The van der Waals surface area contributed by atoms with Gasteiger partial charge in [-0.2, -0.15) is 0 Å². The van der Waals surface area contributed by atoms with Gasteiger partial charge in [-0.25, -0.2) is 4.98 Å². The Morgan fingerprint density at radius 1 is 1.29 bits per heavy atom. The van der Waals surface area contributed by atoms with Crippen LogP contribution in [-0.2, 0) is 0 Å². The highest BCUT2D eigenvalue weighted by Gasteiger charge is 2.07. The lowest BCUT2D eigenvalue weighted by molar-refractivity contribution is 0.937. The second-order valence-electron chi connectivity index (χ2n) is 3.15. The molecule has 88 valence electrons. The maximum atomic E-state index is 11.1. The first-order valence-electron chi connectivity index (χ1n) is 4.54. The highest BCUT2D eigenvalue weighted by atomic mass is 35.5. The largest absolute Gasteiger partial charge is 0.398 e. The monoisotopic (exact) mass is 287 g/mol. The molecule has 0 unspecified atom stereocenters. The smallest absolute Gasteiger partial charge is 0.251 e. The van der Waals surface area contributed by atoms with Crippen molar-refractivity contribution in [3.05, 3.63) is 44.8 Å². The van der Waals surface area contributed by atoms with Crippen LogP contribution in [0.25, 0.3) is 0 Å². The summed E-state index contributed by atoms with van der Waals surface area (Å²) in [6, 6.07) is 4.53. The molecular weight excluding hydrogens is 281 g/mol. The van der Waals surface area contributed by atoms with E-state index in [0.29, 0.717) is 25.8 Å². The molecule has 0 spiro atoms. The van der Waals surface area contributed by atoms with Crippen molar-refractivity contribution in [3.63, 3.8) is 0 Å². The minimum absolute atomic E-state index is 0.221. The fourth-order valence-corrected chi connectivity index (χ4v) is 2.37. The summed E-state index contributed by atoms with van der Waals surface area (Å²) in [5.74, 6) is 0. The standard InChI is InChI=1S/C10H7Cl2N3OS/c11-5-3-7(13)8(4-6(5)12)17-10-14-2-1-9(16)15-10/h1-4H,13H2,(H,14,15,16). The molecule has 2 aromatic rings. The Morgan fingerprint density at radius 3 is 2.71 bits per heavy atom. The molecule has 0 atom stereocenters. The summed E-state index contributed by atoms with van der Waals surface area (Å²) in [5.41, 5.74) is 6.05. The molecule has 0 saturated carbocycles. The van der Waals surface area contributed by atoms with Crippen molar-refractivity contribution in [3.8, 4) is 0 Å². The lowest BCUT2D eigenvalue weighted by Crippen LogP contribution is -2.05. The van der Waals surface area contributed by atoms with Crippen LogP contribution < -0.4 is 11.3 Å². The highest BCUT2D eigenvalue weighted by molar-refractivity contribution is 7.99. The Morgan fingerprint density at radius 2 is 2.00 bits per heavy atom. The number of halogens is 2. The number of aromatic amines is 1. The average molecular weight is 288 g/mol. The third kappa shape index (κ3) is 2.94. The number of nitrogens with one attached hydrogen (secondary N) is 1. The van der Waals surface area contributed by atoms with Crippen molar-refractivity contribution in [1.29, 1.82) is 0 Å². The first kappa shape index (κ1) is 12.3. The van der Waals surface area contributed by atoms with Gasteiger partial charge in [0.05, 0.1) is 10.0 Å². The number of hydrogen-bond donors (Lipinski definition) is 2. The van der Waals surface area contributed by atoms with Gasteiger partial charge >= 0.3 is 0 Å². The number of hydrogen-bond acceptors (Lipinski definition) is 4. The van der Waals surface area contributed by atoms with Gasteiger partial charge in [-0.05, 0) is 23.9 Å². The van der Waals surface area contributed by atoms with Gasteiger partial charge in [-0.3, -0.25) is 4.79 Å². The summed E-state index contributed by atoms with van der Waals surface area (Å²) in [6.07, 6.45) is 1.43. The van der Waals surface area contributed by atoms with Gasteiger partial charge in [0.15, 0.2) is 5.16 Å². The number of benzene rings is 1. The summed E-state index contributed by atoms with van der Waals surface area (Å²) in [4.78, 5) is 18.4. The minimum Gasteiger partial charge on any atom is -0.398 e. The normalized spacial score (nSPS) is 10.5. The van der Waals surface area contributed by atoms with Crippen LogP contribution >= 0.6 is 35.0 Å². The van der Waals surface area contributed by atoms with Gasteiger partial charge in [0, 0.05) is 22.8 Å². The summed E-state index contributed by atoms with van der Waals surface area (Å²) < 4.78 is 0. The van der Waals surface area contributed by atoms with E-state index in [0.717, 1.165) is 0 Å². The number of H-pyrrole nitrogens is 1. The number of anilines is 1. The zero-order valence-electron chi connectivity index (χ0n) is 8.41. The number of nitrogen functional groups attached to an aromatic ring is 1. The molecule has 0 aliphatic carbocycles. The van der Waals surface area contributed by atoms with Crippen molar-refractivity contribution >= 4 is 40.7 Å². The second-order valence-corrected chi connectivity index (χ2v) is 4.99. The quantitative estimate of drug-likeness (QED) is 0.658. The molecule has 0 radical (unpaired) electrons. The van der Waals surface area contributed by atoms with Crippen LogP contribution in [-0.4, -0.2) is 9.97 Å². The van der Waals surface area contributed by atoms with Crippen molar-refractivity contribution in [1.82, 2.24) is 9.97 Å². The maximum absolute atomic E-state index is 11.1. The fourth-order valence-electron chi connectivity index (χ4n) is 1.14. The van der Waals surface area contributed by atoms with E-state index in [1.807, 2.05) is 0 Å². The zero-order chi connectivity index (χ0) is 12.4. The molecule has 4 nitrogen and oxygen atoms in total. The SMILES string of the molecule is Nc1cc(Cl)c(Cl)cc1Sc1nccc(=O)[nH]1. The molecule has 0 saturated heterocycles. The molecule has 1 aromatic heterocycles. The van der Waals surface area contributed by atoms with Gasteiger partial charge in [-0.1, -0.05) is 23.2 Å². The molecule has 2 rings (SSSR count). The van der Waals surface area contributed by atoms with Crippen LogP contribution in [0.5, 0.6) is 0 Å². The van der Waals surface area contributed by atoms with Gasteiger partial charge in [0.1, 0.15) is 0 Å². The van der Waals surface area contributed by atoms with E-state index in [4.69, 9.17) is 28.9 Å². The van der Waals surface area contributed by atoms with Crippen molar-refractivity contribution in [2.75, 3.05) is 5.73 Å². The third-order valence-electron chi connectivity index (χ3n) is 1.91. The van der Waals surface area contributed by atoms with E-state index in [1.165, 1.54) is 24.0 Å². The van der Waals surface area contributed by atoms with E-state index in [2.05, 4.69) is 9.97 Å². The number of aromatic nitrogens is 2. The minimum atomic E-state index is -0.221. The predicted molar refractivity (Wildman–Crippen MR) is 69.9 cm³/mol. The van der Waals surface area contributed by atoms with Crippen LogP contribution in [0.4, 0.5) is 5.69 Å². The molecular formula is C10H7Cl2N3OS. The van der Waals surface area contributed by atoms with Crippen molar-refractivity contribution < 1.29 is 0 Å². The molecule has 1 aromatic carbocycles. The molecule has 0 amide bonds. The lowest BCUT2D eigenvalue weighted by Gasteiger charge is -2.06. The average Bonchev–Trinajstić information content (AvgIpc) is 2.26. The van der Waals surface area contributed by atoms with Crippen LogP contribution in [0.3, 0.4) is 0 Å². The highest BCUT2D eigenvalue weighted by Crippen LogP contribution is 2.35. The van der Waals surface area contributed by atoms with Crippen LogP contribution in [0, 0.1) is 0 Å². The Kier molecular flexibility index (Phi) is 3.61. The third-order valence-corrected chi connectivity index (χ3v) is 3.60. The van der Waals surface area contributed by atoms with E-state index in [1.54, 1.807) is 12.1 Å². The molecule has 0 aliphatic heterocycles. The summed E-state index contributed by atoms with van der Waals surface area (Å²) >= 11 is 12.9. The number of nitrogens with zero attached hydrogens (tertiary/aromatic N) is 1. The number of rotatable bonds is 2. The molecule has 0 fully saturated rings. The lowest BCUT2D eigenvalue weighted by atomic mass is 10.3. The van der Waals surface area contributed by atoms with E-state index >= 15 is 0 Å². The summed E-state index contributed by atoms with van der Waals surface area (Å²) in [7, 11) is 0. The van der Waals surface area contributed by atoms with Gasteiger partial charge < -0.3 is 10.7 Å². The fraction of sp³-hybridized carbons (Fsp3) is 0. The zero-order valence-corrected chi connectivity index (χ0v) is 10.7.